The molecule has 0 aromatic heterocycles. The zero-order chi connectivity index (χ0) is 44.8. The molecule has 0 radical (unpaired) electrons. The van der Waals surface area contributed by atoms with Crippen molar-refractivity contribution in [3.63, 3.8) is 0 Å². The fourth-order valence-corrected chi connectivity index (χ4v) is 12.1. The summed E-state index contributed by atoms with van der Waals surface area (Å²) in [5, 5.41) is 0. The average molecular weight is 958 g/mol. The van der Waals surface area contributed by atoms with E-state index in [4.69, 9.17) is 0 Å². The molecule has 0 atom stereocenters. The van der Waals surface area contributed by atoms with Crippen molar-refractivity contribution in [2.75, 3.05) is 0 Å². The first-order valence-electron chi connectivity index (χ1n) is 28.0. The van der Waals surface area contributed by atoms with Crippen molar-refractivity contribution in [2.45, 2.75) is 328 Å². The van der Waals surface area contributed by atoms with Crippen LogP contribution in [0.15, 0.2) is 29.8 Å². The van der Waals surface area contributed by atoms with Gasteiger partial charge in [0.25, 0.3) is 0 Å². The molecule has 0 amide bonds. The molecule has 5 saturated carbocycles. The van der Waals surface area contributed by atoms with Gasteiger partial charge in [0.15, 0.2) is 0 Å². The maximum absolute atomic E-state index is 2.36. The molecule has 1 aromatic carbocycles. The summed E-state index contributed by atoms with van der Waals surface area (Å²) in [6.45, 7) is 27.9. The molecular formula is C68H140. The van der Waals surface area contributed by atoms with Gasteiger partial charge in [-0.25, -0.2) is 0 Å². The Morgan fingerprint density at radius 3 is 0.779 bits per heavy atom. The maximum atomic E-state index is 2.36. The minimum atomic E-state index is 0. The summed E-state index contributed by atoms with van der Waals surface area (Å²) >= 11 is 0. The third kappa shape index (κ3) is 41.6. The van der Waals surface area contributed by atoms with Crippen LogP contribution < -0.4 is 0 Å². The van der Waals surface area contributed by atoms with E-state index in [0.29, 0.717) is 0 Å². The topological polar surface area (TPSA) is 0 Å². The van der Waals surface area contributed by atoms with Gasteiger partial charge in [-0.3, -0.25) is 0 Å². The zero-order valence-electron chi connectivity index (χ0n) is 44.0. The molecule has 1 aromatic rings. The second-order valence-electron chi connectivity index (χ2n) is 24.2. The van der Waals surface area contributed by atoms with E-state index in [1.54, 1.807) is 5.57 Å². The van der Waals surface area contributed by atoms with Gasteiger partial charge in [-0.15, -0.1) is 0 Å². The minimum Gasteiger partial charge on any atom is -0.0776 e. The van der Waals surface area contributed by atoms with Crippen LogP contribution in [0.3, 0.4) is 0 Å². The van der Waals surface area contributed by atoms with Crippen molar-refractivity contribution in [2.24, 2.45) is 65.1 Å². The van der Waals surface area contributed by atoms with Crippen molar-refractivity contribution >= 4 is 6.08 Å². The molecular weight excluding hydrogens is 817 g/mol. The predicted octanol–water partition coefficient (Wildman–Crippen LogP) is 25.4. The molecule has 7 rings (SSSR count). The van der Waals surface area contributed by atoms with Crippen LogP contribution >= 0.6 is 0 Å². The van der Waals surface area contributed by atoms with Crippen molar-refractivity contribution in [3.05, 3.63) is 41.0 Å². The van der Waals surface area contributed by atoms with Crippen LogP contribution in [0.1, 0.15) is 332 Å². The predicted molar refractivity (Wildman–Crippen MR) is 326 cm³/mol. The van der Waals surface area contributed by atoms with E-state index in [1.807, 2.05) is 0 Å². The summed E-state index contributed by atoms with van der Waals surface area (Å²) in [6, 6.07) is 8.69. The van der Waals surface area contributed by atoms with Gasteiger partial charge in [0.1, 0.15) is 0 Å². The average Bonchev–Trinajstić information content (AvgIpc) is 3.99. The summed E-state index contributed by atoms with van der Waals surface area (Å²) in [5.74, 6) is 10.8. The molecule has 0 heterocycles. The molecule has 0 aliphatic heterocycles. The van der Waals surface area contributed by atoms with Crippen molar-refractivity contribution in [3.8, 4) is 0 Å². The lowest BCUT2D eigenvalue weighted by atomic mass is 9.84. The van der Waals surface area contributed by atoms with Crippen molar-refractivity contribution in [1.29, 1.82) is 0 Å². The van der Waals surface area contributed by atoms with Crippen LogP contribution in [0.5, 0.6) is 0 Å². The largest absolute Gasteiger partial charge is 0.0776 e. The van der Waals surface area contributed by atoms with Crippen LogP contribution in [-0.2, 0) is 6.42 Å². The van der Waals surface area contributed by atoms with Gasteiger partial charge in [-0.05, 0) is 121 Å². The Kier molecular flexibility index (Phi) is 55.6. The molecule has 6 aliphatic carbocycles. The van der Waals surface area contributed by atoms with E-state index < -0.39 is 0 Å². The Morgan fingerprint density at radius 2 is 0.559 bits per heavy atom. The van der Waals surface area contributed by atoms with E-state index >= 15 is 0 Å². The van der Waals surface area contributed by atoms with Crippen LogP contribution in [0.4, 0.5) is 0 Å². The first-order valence-corrected chi connectivity index (χ1v) is 28.0. The summed E-state index contributed by atoms with van der Waals surface area (Å²) in [5.41, 5.74) is 4.52. The van der Waals surface area contributed by atoms with Gasteiger partial charge >= 0.3 is 0 Å². The van der Waals surface area contributed by atoms with Gasteiger partial charge in [0, 0.05) is 0 Å². The lowest BCUT2D eigenvalue weighted by Gasteiger charge is -2.22. The molecule has 0 bridgehead atoms. The molecule has 5 fully saturated rings. The SMILES string of the molecule is C.C.C.C.C.C.C.CC(C)CC1=Cc2ccccc2C1.CC(C)CC1CCCC1.CC(C)CC1CCCC1.CC(C)CC1CCCCC1.CC(C)CC1CCCCC1.CC(C)CC1CCCCC1. The lowest BCUT2D eigenvalue weighted by molar-refractivity contribution is 0.305. The zero-order valence-corrected chi connectivity index (χ0v) is 44.0. The number of rotatable bonds is 12. The summed E-state index contributed by atoms with van der Waals surface area (Å²) in [7, 11) is 0. The summed E-state index contributed by atoms with van der Waals surface area (Å²) < 4.78 is 0. The Hall–Kier alpha value is -1.04. The third-order valence-electron chi connectivity index (χ3n) is 14.7. The quantitative estimate of drug-likeness (QED) is 0.196. The Bertz CT molecular complexity index is 1070. The fourth-order valence-electron chi connectivity index (χ4n) is 12.1. The van der Waals surface area contributed by atoms with E-state index in [0.717, 1.165) is 65.1 Å². The normalized spacial score (nSPS) is 18.2. The van der Waals surface area contributed by atoms with Crippen LogP contribution in [0.2, 0.25) is 0 Å². The third-order valence-corrected chi connectivity index (χ3v) is 14.7. The second kappa shape index (κ2) is 48.2. The molecule has 0 nitrogen and oxygen atoms in total. The van der Waals surface area contributed by atoms with Crippen LogP contribution in [0, 0.1) is 65.1 Å². The van der Waals surface area contributed by atoms with Crippen LogP contribution in [-0.4, -0.2) is 0 Å². The fraction of sp³-hybridized carbons (Fsp3) is 0.882. The highest BCUT2D eigenvalue weighted by atomic mass is 14.2. The number of benzene rings is 1. The number of fused-ring (bicyclic) bond motifs is 1. The molecule has 0 heteroatoms. The van der Waals surface area contributed by atoms with Gasteiger partial charge in [0.05, 0.1) is 0 Å². The second-order valence-corrected chi connectivity index (χ2v) is 24.2. The Morgan fingerprint density at radius 1 is 0.324 bits per heavy atom. The highest BCUT2D eigenvalue weighted by Gasteiger charge is 2.18. The van der Waals surface area contributed by atoms with Crippen molar-refractivity contribution in [1.82, 2.24) is 0 Å². The molecule has 0 N–H and O–H groups in total. The highest BCUT2D eigenvalue weighted by Crippen LogP contribution is 2.33. The first kappa shape index (κ1) is 78.4. The van der Waals surface area contributed by atoms with Gasteiger partial charge in [-0.2, -0.15) is 0 Å². The Balaban J connectivity index is -0.000000167. The molecule has 6 aliphatic rings. The smallest absolute Gasteiger partial charge is 0.00577 e. The van der Waals surface area contributed by atoms with Gasteiger partial charge in [0.2, 0.25) is 0 Å². The van der Waals surface area contributed by atoms with E-state index in [1.165, 1.54) is 204 Å². The molecule has 0 saturated heterocycles. The van der Waals surface area contributed by atoms with Gasteiger partial charge in [-0.1, -0.05) is 319 Å². The maximum Gasteiger partial charge on any atom is -0.00577 e. The van der Waals surface area contributed by atoms with Crippen molar-refractivity contribution < 1.29 is 0 Å². The lowest BCUT2D eigenvalue weighted by Crippen LogP contribution is -2.08. The van der Waals surface area contributed by atoms with E-state index in [2.05, 4.69) is 113 Å². The highest BCUT2D eigenvalue weighted by molar-refractivity contribution is 5.63. The molecule has 412 valence electrons. The van der Waals surface area contributed by atoms with Crippen LogP contribution in [0.25, 0.3) is 6.08 Å². The number of hydrogen-bond donors (Lipinski definition) is 0. The summed E-state index contributed by atoms with van der Waals surface area (Å²) in [6.07, 6.45) is 46.7. The number of allylic oxidation sites excluding steroid dienone is 1. The first-order chi connectivity index (χ1) is 29.2. The molecule has 0 spiro atoms. The van der Waals surface area contributed by atoms with Gasteiger partial charge < -0.3 is 0 Å². The monoisotopic (exact) mass is 957 g/mol. The minimum absolute atomic E-state index is 0. The molecule has 68 heavy (non-hydrogen) atoms. The van der Waals surface area contributed by atoms with E-state index in [-0.39, 0.29) is 52.0 Å². The standard InChI is InChI=1S/C13H16.3C10H20.2C9H18.7CH4/c1-10(2)7-11-8-12-5-3-4-6-13(12)9-11;3*1-9(2)8-10-6-4-3-5-7-10;2*1-8(2)7-9-5-3-4-6-9;;;;;;;/h3-6,8,10H,7,9H2,1-2H3;3*9-10H,3-8H2,1-2H3;2*8-9H,3-7H2,1-2H3;7*1H4. The summed E-state index contributed by atoms with van der Waals surface area (Å²) in [4.78, 5) is 0. The number of hydrogen-bond acceptors (Lipinski definition) is 0. The van der Waals surface area contributed by atoms with E-state index in [9.17, 15) is 0 Å². The Labute approximate surface area is 437 Å². The molecule has 0 unspecified atom stereocenters.